The van der Waals surface area contributed by atoms with Gasteiger partial charge in [0.2, 0.25) is 0 Å². The van der Waals surface area contributed by atoms with Crippen LogP contribution in [0, 0.1) is 20.8 Å². The van der Waals surface area contributed by atoms with Crippen LogP contribution in [0.5, 0.6) is 5.75 Å². The van der Waals surface area contributed by atoms with Crippen molar-refractivity contribution in [3.63, 3.8) is 0 Å². The van der Waals surface area contributed by atoms with E-state index < -0.39 is 17.7 Å². The van der Waals surface area contributed by atoms with Gasteiger partial charge in [-0.15, -0.1) is 0 Å². The molecule has 1 aromatic heterocycles. The highest BCUT2D eigenvalue weighted by molar-refractivity contribution is 6.46. The van der Waals surface area contributed by atoms with E-state index in [1.807, 2.05) is 51.1 Å². The van der Waals surface area contributed by atoms with Crippen LogP contribution in [-0.2, 0) is 14.3 Å². The average molecular weight is 449 g/mol. The molecule has 7 nitrogen and oxygen atoms in total. The summed E-state index contributed by atoms with van der Waals surface area (Å²) in [4.78, 5) is 31.2. The smallest absolute Gasteiger partial charge is 0.295 e. The Kier molecular flexibility index (Phi) is 5.99. The number of amides is 1. The number of aryl methyl sites for hydroxylation is 3. The zero-order valence-electron chi connectivity index (χ0n) is 19.5. The Morgan fingerprint density at radius 2 is 1.82 bits per heavy atom. The highest BCUT2D eigenvalue weighted by Gasteiger charge is 2.47. The van der Waals surface area contributed by atoms with Crippen molar-refractivity contribution >= 4 is 28.4 Å². The fourth-order valence-corrected chi connectivity index (χ4v) is 4.66. The topological polar surface area (TPSA) is 91.9 Å². The standard InChI is InChI=1S/C26H28N2O5/c1-14-13-20(33-5)15(2)12-18(14)24(29)22-23(28(10-11-32-4)26(31)25(22)30)21-16(3)27-19-9-7-6-8-17(19)21/h6-9,12-13,23,27,29H,10-11H2,1-5H3/b24-22+. The summed E-state index contributed by atoms with van der Waals surface area (Å²) >= 11 is 0. The lowest BCUT2D eigenvalue weighted by Crippen LogP contribution is -2.32. The summed E-state index contributed by atoms with van der Waals surface area (Å²) in [5, 5.41) is 12.4. The highest BCUT2D eigenvalue weighted by atomic mass is 16.5. The summed E-state index contributed by atoms with van der Waals surface area (Å²) in [5.74, 6) is -0.850. The number of Topliss-reactive ketones (excluding diaryl/α,β-unsaturated/α-hetero) is 1. The van der Waals surface area contributed by atoms with Gasteiger partial charge >= 0.3 is 0 Å². The van der Waals surface area contributed by atoms with Crippen molar-refractivity contribution in [1.82, 2.24) is 9.88 Å². The maximum absolute atomic E-state index is 13.3. The number of methoxy groups -OCH3 is 2. The molecular formula is C26H28N2O5. The second-order valence-corrected chi connectivity index (χ2v) is 8.33. The molecule has 172 valence electrons. The molecule has 2 heterocycles. The van der Waals surface area contributed by atoms with Crippen molar-refractivity contribution in [2.45, 2.75) is 26.8 Å². The zero-order valence-corrected chi connectivity index (χ0v) is 19.5. The molecule has 1 unspecified atom stereocenters. The van der Waals surface area contributed by atoms with Gasteiger partial charge in [0.15, 0.2) is 0 Å². The van der Waals surface area contributed by atoms with Crippen LogP contribution in [-0.4, -0.2) is 54.1 Å². The van der Waals surface area contributed by atoms with E-state index in [0.29, 0.717) is 11.3 Å². The molecule has 7 heteroatoms. The van der Waals surface area contributed by atoms with Crippen molar-refractivity contribution in [3.05, 3.63) is 69.9 Å². The number of ketones is 1. The fourth-order valence-electron chi connectivity index (χ4n) is 4.66. The van der Waals surface area contributed by atoms with Crippen molar-refractivity contribution < 1.29 is 24.2 Å². The molecule has 0 spiro atoms. The molecule has 0 bridgehead atoms. The number of aliphatic hydroxyl groups excluding tert-OH is 1. The maximum Gasteiger partial charge on any atom is 0.295 e. The average Bonchev–Trinajstić information content (AvgIpc) is 3.25. The molecule has 1 amide bonds. The molecule has 1 fully saturated rings. The number of nitrogens with zero attached hydrogens (tertiary/aromatic N) is 1. The number of aliphatic hydroxyl groups is 1. The predicted octanol–water partition coefficient (Wildman–Crippen LogP) is 4.17. The number of aromatic nitrogens is 1. The number of carbonyl (C=O) groups is 2. The number of rotatable bonds is 6. The molecule has 1 aliphatic heterocycles. The van der Waals surface area contributed by atoms with Gasteiger partial charge in [-0.25, -0.2) is 0 Å². The number of ether oxygens (including phenoxy) is 2. The summed E-state index contributed by atoms with van der Waals surface area (Å²) in [6.07, 6.45) is 0. The van der Waals surface area contributed by atoms with E-state index in [1.54, 1.807) is 20.3 Å². The molecule has 3 aromatic rings. The van der Waals surface area contributed by atoms with E-state index in [4.69, 9.17) is 9.47 Å². The van der Waals surface area contributed by atoms with Crippen molar-refractivity contribution in [2.75, 3.05) is 27.4 Å². The quantitative estimate of drug-likeness (QED) is 0.336. The monoisotopic (exact) mass is 448 g/mol. The predicted molar refractivity (Wildman–Crippen MR) is 126 cm³/mol. The Morgan fingerprint density at radius 1 is 1.09 bits per heavy atom. The number of benzene rings is 2. The minimum Gasteiger partial charge on any atom is -0.507 e. The number of para-hydroxylation sites is 1. The Morgan fingerprint density at radius 3 is 2.52 bits per heavy atom. The van der Waals surface area contributed by atoms with Crippen LogP contribution in [0.1, 0.15) is 34.0 Å². The molecule has 0 saturated carbocycles. The summed E-state index contributed by atoms with van der Waals surface area (Å²) in [6.45, 7) is 6.11. The SMILES string of the molecule is COCCN1C(=O)C(=O)/C(=C(/O)c2cc(C)c(OC)cc2C)C1c1c(C)[nH]c2ccccc12. The van der Waals surface area contributed by atoms with Gasteiger partial charge in [0.1, 0.15) is 11.5 Å². The van der Waals surface area contributed by atoms with Crippen LogP contribution < -0.4 is 4.74 Å². The van der Waals surface area contributed by atoms with Gasteiger partial charge in [-0.2, -0.15) is 0 Å². The summed E-state index contributed by atoms with van der Waals surface area (Å²) in [7, 11) is 3.13. The third kappa shape index (κ3) is 3.68. The van der Waals surface area contributed by atoms with Gasteiger partial charge in [0, 0.05) is 41.4 Å². The van der Waals surface area contributed by atoms with Crippen LogP contribution in [0.2, 0.25) is 0 Å². The first-order chi connectivity index (χ1) is 15.8. The van der Waals surface area contributed by atoms with Gasteiger partial charge in [-0.1, -0.05) is 18.2 Å². The van der Waals surface area contributed by atoms with Gasteiger partial charge in [0.05, 0.1) is 25.3 Å². The minimum absolute atomic E-state index is 0.0802. The fraction of sp³-hybridized carbons (Fsp3) is 0.308. The second-order valence-electron chi connectivity index (χ2n) is 8.33. The molecule has 1 aliphatic rings. The van der Waals surface area contributed by atoms with E-state index in [1.165, 1.54) is 4.90 Å². The molecular weight excluding hydrogens is 420 g/mol. The molecule has 4 rings (SSSR count). The summed E-state index contributed by atoms with van der Waals surface area (Å²) in [6, 6.07) is 10.6. The normalized spacial score (nSPS) is 17.8. The van der Waals surface area contributed by atoms with Crippen molar-refractivity contribution in [2.24, 2.45) is 0 Å². The molecule has 0 aliphatic carbocycles. The lowest BCUT2D eigenvalue weighted by atomic mass is 9.91. The van der Waals surface area contributed by atoms with E-state index in [9.17, 15) is 14.7 Å². The lowest BCUT2D eigenvalue weighted by molar-refractivity contribution is -0.140. The number of carbonyl (C=O) groups excluding carboxylic acids is 2. The van der Waals surface area contributed by atoms with E-state index >= 15 is 0 Å². The summed E-state index contributed by atoms with van der Waals surface area (Å²) < 4.78 is 10.6. The number of nitrogens with one attached hydrogen (secondary N) is 1. The number of likely N-dealkylation sites (tertiary alicyclic amines) is 1. The molecule has 1 saturated heterocycles. The number of hydrogen-bond donors (Lipinski definition) is 2. The Bertz CT molecular complexity index is 1290. The molecule has 2 N–H and O–H groups in total. The van der Waals surface area contributed by atoms with Gasteiger partial charge in [-0.05, 0) is 50.1 Å². The van der Waals surface area contributed by atoms with Crippen LogP contribution >= 0.6 is 0 Å². The maximum atomic E-state index is 13.3. The zero-order chi connectivity index (χ0) is 23.9. The largest absolute Gasteiger partial charge is 0.507 e. The molecule has 33 heavy (non-hydrogen) atoms. The first-order valence-corrected chi connectivity index (χ1v) is 10.8. The summed E-state index contributed by atoms with van der Waals surface area (Å²) in [5.41, 5.74) is 4.67. The number of fused-ring (bicyclic) bond motifs is 1. The van der Waals surface area contributed by atoms with Gasteiger partial charge in [-0.3, -0.25) is 9.59 Å². The molecule has 1 atom stereocenters. The van der Waals surface area contributed by atoms with Crippen LogP contribution in [0.3, 0.4) is 0 Å². The Labute approximate surface area is 192 Å². The first kappa shape index (κ1) is 22.6. The van der Waals surface area contributed by atoms with Crippen LogP contribution in [0.15, 0.2) is 42.0 Å². The van der Waals surface area contributed by atoms with Crippen LogP contribution in [0.25, 0.3) is 16.7 Å². The minimum atomic E-state index is -0.738. The van der Waals surface area contributed by atoms with E-state index in [-0.39, 0.29) is 24.5 Å². The third-order valence-electron chi connectivity index (χ3n) is 6.29. The lowest BCUT2D eigenvalue weighted by Gasteiger charge is -2.25. The van der Waals surface area contributed by atoms with E-state index in [0.717, 1.165) is 33.3 Å². The van der Waals surface area contributed by atoms with Crippen molar-refractivity contribution in [1.29, 1.82) is 0 Å². The highest BCUT2D eigenvalue weighted by Crippen LogP contribution is 2.43. The van der Waals surface area contributed by atoms with Crippen molar-refractivity contribution in [3.8, 4) is 5.75 Å². The first-order valence-electron chi connectivity index (χ1n) is 10.8. The Hall–Kier alpha value is -3.58. The number of aromatic amines is 1. The Balaban J connectivity index is 1.99. The molecule has 2 aromatic carbocycles. The van der Waals surface area contributed by atoms with Gasteiger partial charge < -0.3 is 24.5 Å². The van der Waals surface area contributed by atoms with Gasteiger partial charge in [0.25, 0.3) is 11.7 Å². The van der Waals surface area contributed by atoms with Crippen LogP contribution in [0.4, 0.5) is 0 Å². The third-order valence-corrected chi connectivity index (χ3v) is 6.29. The number of hydrogen-bond acceptors (Lipinski definition) is 5. The van der Waals surface area contributed by atoms with E-state index in [2.05, 4.69) is 4.98 Å². The second kappa shape index (κ2) is 8.75. The molecule has 0 radical (unpaired) electrons. The number of H-pyrrole nitrogens is 1.